The van der Waals surface area contributed by atoms with Crippen molar-refractivity contribution in [1.29, 1.82) is 0 Å². The number of carboxylic acids is 2. The topological polar surface area (TPSA) is 402 Å². The summed E-state index contributed by atoms with van der Waals surface area (Å²) in [5.74, 6) is -8.44. The number of piperidine rings is 1. The molecule has 0 bridgehead atoms. The van der Waals surface area contributed by atoms with E-state index in [1.54, 1.807) is 36.4 Å². The first-order valence-electron chi connectivity index (χ1n) is 25.7. The molecule has 0 saturated carbocycles. The van der Waals surface area contributed by atoms with Gasteiger partial charge < -0.3 is 74.8 Å². The maximum absolute atomic E-state index is 14.8. The molecule has 77 heavy (non-hydrogen) atoms. The second-order valence-electron chi connectivity index (χ2n) is 19.2. The number of likely N-dealkylation sites (N-methyl/N-ethyl adjacent to an activating group) is 1. The Morgan fingerprint density at radius 2 is 1.25 bits per heavy atom. The minimum absolute atomic E-state index is 0.00833. The van der Waals surface area contributed by atoms with Gasteiger partial charge in [-0.25, -0.2) is 4.79 Å². The van der Waals surface area contributed by atoms with Crippen LogP contribution in [-0.2, 0) is 56.0 Å². The first kappa shape index (κ1) is 59.5. The third-order valence-electron chi connectivity index (χ3n) is 13.2. The summed E-state index contributed by atoms with van der Waals surface area (Å²) in [6.45, 7) is 0.278. The summed E-state index contributed by atoms with van der Waals surface area (Å²) < 4.78 is 0. The fraction of sp³-hybridized carbons (Fsp3) is 0.481. The SMILES string of the molecule is CN(CC(=O)N[C@H](CC(=O)O)C(=O)N1CCCC[C@H]1C(=O)N[C@@H](Cc1ccc2ccccc2c1)C(=O)N[C@@H](CCCN=C(N)N)C(=O)N[C@@H](CCCN=C(N)N)C(=O)N[C@H](Cc1ccccc1)C(=O)O)C(=O)[C@@H]1CCCN1. The van der Waals surface area contributed by atoms with Crippen LogP contribution < -0.4 is 54.8 Å². The van der Waals surface area contributed by atoms with Crippen molar-refractivity contribution in [2.45, 2.75) is 119 Å². The Morgan fingerprint density at radius 1 is 0.662 bits per heavy atom. The lowest BCUT2D eigenvalue weighted by Gasteiger charge is -2.37. The van der Waals surface area contributed by atoms with E-state index in [1.807, 2.05) is 36.4 Å². The van der Waals surface area contributed by atoms with Crippen LogP contribution in [0.4, 0.5) is 0 Å². The third-order valence-corrected chi connectivity index (χ3v) is 13.2. The second kappa shape index (κ2) is 29.7. The van der Waals surface area contributed by atoms with Gasteiger partial charge in [0.25, 0.3) is 0 Å². The lowest BCUT2D eigenvalue weighted by molar-refractivity contribution is -0.149. The van der Waals surface area contributed by atoms with Gasteiger partial charge in [-0.1, -0.05) is 72.8 Å². The van der Waals surface area contributed by atoms with Crippen LogP contribution in [-0.4, -0.2) is 167 Å². The molecular formula is C52H72N14O11. The van der Waals surface area contributed by atoms with E-state index in [4.69, 9.17) is 22.9 Å². The molecular weight excluding hydrogens is 997 g/mol. The van der Waals surface area contributed by atoms with Crippen LogP contribution in [0.25, 0.3) is 10.8 Å². The number of aliphatic imine (C=N–C) groups is 2. The number of carbonyl (C=O) groups is 9. The smallest absolute Gasteiger partial charge is 0.326 e. The normalized spacial score (nSPS) is 17.0. The number of benzene rings is 3. The van der Waals surface area contributed by atoms with Crippen molar-refractivity contribution in [3.05, 3.63) is 83.9 Å². The van der Waals surface area contributed by atoms with Crippen LogP contribution in [0.1, 0.15) is 75.3 Å². The maximum atomic E-state index is 14.8. The van der Waals surface area contributed by atoms with Gasteiger partial charge in [0.2, 0.25) is 41.4 Å². The number of carboxylic acid groups (broad SMARTS) is 2. The van der Waals surface area contributed by atoms with Gasteiger partial charge in [0.15, 0.2) is 11.9 Å². The van der Waals surface area contributed by atoms with Gasteiger partial charge in [-0.15, -0.1) is 0 Å². The molecule has 2 aliphatic rings. The zero-order valence-corrected chi connectivity index (χ0v) is 43.2. The Morgan fingerprint density at radius 3 is 1.83 bits per heavy atom. The number of aliphatic carboxylic acids is 2. The molecule has 2 heterocycles. The number of amides is 7. The number of rotatable bonds is 28. The summed E-state index contributed by atoms with van der Waals surface area (Å²) in [6.07, 6.45) is 1.49. The van der Waals surface area contributed by atoms with Gasteiger partial charge in [0, 0.05) is 39.5 Å². The van der Waals surface area contributed by atoms with E-state index in [0.29, 0.717) is 36.9 Å². The number of nitrogens with zero attached hydrogens (tertiary/aromatic N) is 4. The molecule has 3 aromatic rings. The van der Waals surface area contributed by atoms with Gasteiger partial charge in [0.05, 0.1) is 19.0 Å². The lowest BCUT2D eigenvalue weighted by atomic mass is 9.97. The molecule has 2 saturated heterocycles. The van der Waals surface area contributed by atoms with Crippen LogP contribution >= 0.6 is 0 Å². The number of nitrogens with one attached hydrogen (secondary N) is 6. The Labute approximate surface area is 445 Å². The Bertz CT molecular complexity index is 2620. The summed E-state index contributed by atoms with van der Waals surface area (Å²) in [5, 5.41) is 37.9. The molecule has 0 aromatic heterocycles. The summed E-state index contributed by atoms with van der Waals surface area (Å²) in [7, 11) is 1.42. The first-order valence-corrected chi connectivity index (χ1v) is 25.7. The zero-order valence-electron chi connectivity index (χ0n) is 43.2. The van der Waals surface area contributed by atoms with Gasteiger partial charge >= 0.3 is 11.9 Å². The molecule has 7 amide bonds. The standard InChI is InChI=1S/C52H72N14O11/c1-65(48(74)37-18-11-22-57-37)30-42(67)60-39(29-43(68)69)49(75)66-25-8-7-19-41(66)47(73)63-38(28-32-20-21-33-14-5-6-15-34(33)26-32)46(72)62-35(16-9-23-58-51(53)54)44(70)61-36(17-10-24-59-52(55)56)45(71)64-40(50(76)77)27-31-12-3-2-4-13-31/h2-6,12-15,20-21,26,35-41,57H,7-11,16-19,22-25,27-30H2,1H3,(H,60,67)(H,61,70)(H,62,72)(H,63,73)(H,64,71)(H,68,69)(H,76,77)(H4,53,54,58)(H4,55,56,59)/t35-,36-,37-,38-,39+,40+,41-/m0/s1. The van der Waals surface area contributed by atoms with Crippen molar-refractivity contribution in [2.75, 3.05) is 39.8 Å². The Kier molecular flexibility index (Phi) is 22.9. The maximum Gasteiger partial charge on any atom is 0.326 e. The molecule has 16 N–H and O–H groups in total. The van der Waals surface area contributed by atoms with Crippen LogP contribution in [0.3, 0.4) is 0 Å². The number of likely N-dealkylation sites (tertiary alicyclic amines) is 1. The molecule has 0 radical (unpaired) electrons. The van der Waals surface area contributed by atoms with Crippen molar-refractivity contribution in [3.63, 3.8) is 0 Å². The van der Waals surface area contributed by atoms with E-state index in [-0.39, 0.29) is 82.4 Å². The zero-order chi connectivity index (χ0) is 56.0. The summed E-state index contributed by atoms with van der Waals surface area (Å²) in [5.41, 5.74) is 23.4. The van der Waals surface area contributed by atoms with Crippen molar-refractivity contribution < 1.29 is 53.4 Å². The molecule has 2 aliphatic heterocycles. The molecule has 7 atom stereocenters. The van der Waals surface area contributed by atoms with Gasteiger partial charge in [-0.05, 0) is 86.2 Å². The molecule has 25 heteroatoms. The molecule has 5 rings (SSSR count). The third kappa shape index (κ3) is 19.1. The van der Waals surface area contributed by atoms with E-state index in [9.17, 15) is 53.4 Å². The molecule has 0 aliphatic carbocycles. The highest BCUT2D eigenvalue weighted by atomic mass is 16.4. The summed E-state index contributed by atoms with van der Waals surface area (Å²) in [4.78, 5) is 133. The van der Waals surface area contributed by atoms with Crippen molar-refractivity contribution in [3.8, 4) is 0 Å². The molecule has 416 valence electrons. The summed E-state index contributed by atoms with van der Waals surface area (Å²) >= 11 is 0. The van der Waals surface area contributed by atoms with Crippen LogP contribution in [0.15, 0.2) is 82.8 Å². The number of hydrogen-bond donors (Lipinski definition) is 12. The largest absolute Gasteiger partial charge is 0.481 e. The first-order chi connectivity index (χ1) is 36.8. The van der Waals surface area contributed by atoms with E-state index in [2.05, 4.69) is 41.9 Å². The Hall–Kier alpha value is -8.35. The van der Waals surface area contributed by atoms with Crippen LogP contribution in [0.5, 0.6) is 0 Å². The molecule has 3 aromatic carbocycles. The van der Waals surface area contributed by atoms with Crippen LogP contribution in [0, 0.1) is 0 Å². The monoisotopic (exact) mass is 1070 g/mol. The summed E-state index contributed by atoms with van der Waals surface area (Å²) in [6, 6.07) is 12.6. The lowest BCUT2D eigenvalue weighted by Crippen LogP contribution is -2.61. The van der Waals surface area contributed by atoms with Crippen molar-refractivity contribution >= 4 is 76.0 Å². The van der Waals surface area contributed by atoms with Gasteiger partial charge in [-0.2, -0.15) is 0 Å². The minimum Gasteiger partial charge on any atom is -0.481 e. The highest BCUT2D eigenvalue weighted by Crippen LogP contribution is 2.22. The minimum atomic E-state index is -1.62. The second-order valence-corrected chi connectivity index (χ2v) is 19.2. The van der Waals surface area contributed by atoms with E-state index in [0.717, 1.165) is 17.2 Å². The number of fused-ring (bicyclic) bond motifs is 1. The quantitative estimate of drug-likeness (QED) is 0.0219. The van der Waals surface area contributed by atoms with Crippen molar-refractivity contribution in [2.24, 2.45) is 32.9 Å². The van der Waals surface area contributed by atoms with E-state index < -0.39 is 103 Å². The molecule has 25 nitrogen and oxygen atoms in total. The number of guanidine groups is 2. The highest BCUT2D eigenvalue weighted by Gasteiger charge is 2.39. The highest BCUT2D eigenvalue weighted by molar-refractivity contribution is 5.98. The van der Waals surface area contributed by atoms with Crippen LogP contribution in [0.2, 0.25) is 0 Å². The average Bonchev–Trinajstić information content (AvgIpc) is 3.95. The average molecular weight is 1070 g/mol. The van der Waals surface area contributed by atoms with Crippen molar-refractivity contribution in [1.82, 2.24) is 41.7 Å². The molecule has 2 fully saturated rings. The number of hydrogen-bond acceptors (Lipinski definition) is 12. The fourth-order valence-electron chi connectivity index (χ4n) is 9.23. The Balaban J connectivity index is 1.41. The fourth-order valence-corrected chi connectivity index (χ4v) is 9.23. The van der Waals surface area contributed by atoms with E-state index in [1.165, 1.54) is 16.8 Å². The number of carbonyl (C=O) groups excluding carboxylic acids is 7. The van der Waals surface area contributed by atoms with Gasteiger partial charge in [-0.3, -0.25) is 48.3 Å². The molecule has 0 unspecified atom stereocenters. The van der Waals surface area contributed by atoms with E-state index >= 15 is 0 Å². The predicted octanol–water partition coefficient (Wildman–Crippen LogP) is -1.69. The van der Waals surface area contributed by atoms with Gasteiger partial charge in [0.1, 0.15) is 36.3 Å². The predicted molar refractivity (Wildman–Crippen MR) is 285 cm³/mol. The number of nitrogens with two attached hydrogens (primary N) is 4. The molecule has 0 spiro atoms.